The average Bonchev–Trinajstić information content (AvgIpc) is 3.04. The van der Waals surface area contributed by atoms with Crippen LogP contribution in [0.5, 0.6) is 0 Å². The molecule has 5 nitrogen and oxygen atoms in total. The fraction of sp³-hybridized carbons (Fsp3) is 0.500. The van der Waals surface area contributed by atoms with Gasteiger partial charge in [0.25, 0.3) is 0 Å². The summed E-state index contributed by atoms with van der Waals surface area (Å²) in [6.45, 7) is 2.97. The van der Waals surface area contributed by atoms with E-state index < -0.39 is 5.82 Å². The van der Waals surface area contributed by atoms with E-state index in [1.54, 1.807) is 17.0 Å². The molecule has 1 aromatic rings. The van der Waals surface area contributed by atoms with Crippen LogP contribution in [-0.4, -0.2) is 49.7 Å². The number of morpholine rings is 1. The van der Waals surface area contributed by atoms with E-state index >= 15 is 0 Å². The van der Waals surface area contributed by atoms with Gasteiger partial charge in [0.1, 0.15) is 23.5 Å². The van der Waals surface area contributed by atoms with Gasteiger partial charge in [-0.1, -0.05) is 6.07 Å². The third kappa shape index (κ3) is 2.64. The van der Waals surface area contributed by atoms with Gasteiger partial charge in [-0.05, 0) is 25.0 Å². The van der Waals surface area contributed by atoms with Crippen LogP contribution in [0.2, 0.25) is 0 Å². The van der Waals surface area contributed by atoms with E-state index in [0.29, 0.717) is 38.5 Å². The molecular weight excluding hydrogens is 285 g/mol. The lowest BCUT2D eigenvalue weighted by Crippen LogP contribution is -2.50. The van der Waals surface area contributed by atoms with Crippen molar-refractivity contribution in [1.82, 2.24) is 4.90 Å². The van der Waals surface area contributed by atoms with Crippen molar-refractivity contribution >= 4 is 11.6 Å². The highest BCUT2D eigenvalue weighted by atomic mass is 19.1. The predicted octanol–water partition coefficient (Wildman–Crippen LogP) is 1.52. The van der Waals surface area contributed by atoms with Crippen molar-refractivity contribution in [2.75, 3.05) is 37.7 Å². The molecule has 0 bridgehead atoms. The molecule has 116 valence electrons. The smallest absolute Gasteiger partial charge is 0.245 e. The summed E-state index contributed by atoms with van der Waals surface area (Å²) in [6.07, 6.45) is 1.60. The third-order valence-corrected chi connectivity index (χ3v) is 4.27. The fourth-order valence-corrected chi connectivity index (χ4v) is 3.17. The lowest BCUT2D eigenvalue weighted by Gasteiger charge is -2.33. The molecule has 1 amide bonds. The highest BCUT2D eigenvalue weighted by Gasteiger charge is 2.35. The highest BCUT2D eigenvalue weighted by Crippen LogP contribution is 2.30. The summed E-state index contributed by atoms with van der Waals surface area (Å²) >= 11 is 0. The van der Waals surface area contributed by atoms with Crippen molar-refractivity contribution in [2.24, 2.45) is 0 Å². The molecule has 1 aromatic carbocycles. The van der Waals surface area contributed by atoms with Crippen molar-refractivity contribution in [1.29, 1.82) is 5.26 Å². The third-order valence-electron chi connectivity index (χ3n) is 4.27. The van der Waals surface area contributed by atoms with E-state index in [4.69, 9.17) is 4.74 Å². The van der Waals surface area contributed by atoms with Crippen LogP contribution in [0.15, 0.2) is 18.2 Å². The van der Waals surface area contributed by atoms with E-state index in [1.165, 1.54) is 6.07 Å². The second-order valence-corrected chi connectivity index (χ2v) is 5.53. The van der Waals surface area contributed by atoms with Crippen LogP contribution in [0.1, 0.15) is 18.4 Å². The normalized spacial score (nSPS) is 21.7. The molecular formula is C16H18FN3O2. The van der Waals surface area contributed by atoms with Crippen LogP contribution in [0.25, 0.3) is 0 Å². The number of carbonyl (C=O) groups is 1. The first-order valence-corrected chi connectivity index (χ1v) is 7.54. The van der Waals surface area contributed by atoms with Crippen LogP contribution >= 0.6 is 0 Å². The fourth-order valence-electron chi connectivity index (χ4n) is 3.17. The zero-order chi connectivity index (χ0) is 15.5. The summed E-state index contributed by atoms with van der Waals surface area (Å²) in [6, 6.07) is 6.18. The maximum atomic E-state index is 13.8. The van der Waals surface area contributed by atoms with Crippen LogP contribution < -0.4 is 4.90 Å². The second kappa shape index (κ2) is 6.32. The minimum absolute atomic E-state index is 0.0178. The number of nitrogens with zero attached hydrogens (tertiary/aromatic N) is 3. The Kier molecular flexibility index (Phi) is 4.25. The van der Waals surface area contributed by atoms with E-state index in [9.17, 15) is 14.4 Å². The van der Waals surface area contributed by atoms with Gasteiger partial charge in [0.2, 0.25) is 5.91 Å². The standard InChI is InChI=1S/C16H18FN3O2/c17-13-3-1-4-14(12(13)11-18)20-6-2-5-15(20)16(21)19-7-9-22-10-8-19/h1,3-4,15H,2,5-10H2/t15-/m1/s1. The van der Waals surface area contributed by atoms with Gasteiger partial charge in [0.05, 0.1) is 18.9 Å². The summed E-state index contributed by atoms with van der Waals surface area (Å²) in [5.41, 5.74) is 0.538. The van der Waals surface area contributed by atoms with Gasteiger partial charge in [-0.3, -0.25) is 4.79 Å². The van der Waals surface area contributed by atoms with Crippen molar-refractivity contribution in [3.05, 3.63) is 29.6 Å². The first-order valence-electron chi connectivity index (χ1n) is 7.54. The predicted molar refractivity (Wildman–Crippen MR) is 78.9 cm³/mol. The summed E-state index contributed by atoms with van der Waals surface area (Å²) in [5.74, 6) is -0.488. The molecule has 2 aliphatic heterocycles. The van der Waals surface area contributed by atoms with Gasteiger partial charge >= 0.3 is 0 Å². The molecule has 0 aliphatic carbocycles. The Bertz CT molecular complexity index is 608. The van der Waals surface area contributed by atoms with E-state index in [2.05, 4.69) is 0 Å². The molecule has 0 saturated carbocycles. The number of rotatable bonds is 2. The summed E-state index contributed by atoms with van der Waals surface area (Å²) in [7, 11) is 0. The van der Waals surface area contributed by atoms with E-state index in [-0.39, 0.29) is 17.5 Å². The van der Waals surface area contributed by atoms with Gasteiger partial charge in [-0.15, -0.1) is 0 Å². The van der Waals surface area contributed by atoms with Crippen LogP contribution in [0, 0.1) is 17.1 Å². The molecule has 0 unspecified atom stereocenters. The lowest BCUT2D eigenvalue weighted by atomic mass is 10.1. The largest absolute Gasteiger partial charge is 0.378 e. The monoisotopic (exact) mass is 303 g/mol. The Morgan fingerprint density at radius 1 is 1.32 bits per heavy atom. The van der Waals surface area contributed by atoms with Crippen molar-refractivity contribution in [2.45, 2.75) is 18.9 Å². The van der Waals surface area contributed by atoms with Crippen LogP contribution in [0.4, 0.5) is 10.1 Å². The molecule has 1 atom stereocenters. The lowest BCUT2D eigenvalue weighted by molar-refractivity contribution is -0.136. The Balaban J connectivity index is 1.86. The maximum Gasteiger partial charge on any atom is 0.245 e. The molecule has 2 aliphatic rings. The SMILES string of the molecule is N#Cc1c(F)cccc1N1CCC[C@@H]1C(=O)N1CCOCC1. The number of ether oxygens (including phenoxy) is 1. The summed E-state index contributed by atoms with van der Waals surface area (Å²) in [5, 5.41) is 9.20. The van der Waals surface area contributed by atoms with E-state index in [1.807, 2.05) is 11.0 Å². The quantitative estimate of drug-likeness (QED) is 0.831. The van der Waals surface area contributed by atoms with Crippen molar-refractivity contribution < 1.29 is 13.9 Å². The van der Waals surface area contributed by atoms with Crippen LogP contribution in [-0.2, 0) is 9.53 Å². The van der Waals surface area contributed by atoms with Crippen LogP contribution in [0.3, 0.4) is 0 Å². The Morgan fingerprint density at radius 3 is 2.82 bits per heavy atom. The number of hydrogen-bond acceptors (Lipinski definition) is 4. The number of anilines is 1. The Morgan fingerprint density at radius 2 is 2.09 bits per heavy atom. The topological polar surface area (TPSA) is 56.6 Å². The molecule has 0 aromatic heterocycles. The van der Waals surface area contributed by atoms with Crippen molar-refractivity contribution in [3.63, 3.8) is 0 Å². The average molecular weight is 303 g/mol. The van der Waals surface area contributed by atoms with Crippen molar-refractivity contribution in [3.8, 4) is 6.07 Å². The minimum atomic E-state index is -0.538. The number of halogens is 1. The highest BCUT2D eigenvalue weighted by molar-refractivity contribution is 5.86. The molecule has 0 radical (unpaired) electrons. The number of hydrogen-bond donors (Lipinski definition) is 0. The zero-order valence-corrected chi connectivity index (χ0v) is 12.3. The Hall–Kier alpha value is -2.13. The maximum absolute atomic E-state index is 13.8. The summed E-state index contributed by atoms with van der Waals surface area (Å²) in [4.78, 5) is 16.4. The van der Waals surface area contributed by atoms with Gasteiger partial charge in [0, 0.05) is 19.6 Å². The minimum Gasteiger partial charge on any atom is -0.378 e. The second-order valence-electron chi connectivity index (χ2n) is 5.53. The molecule has 3 rings (SSSR count). The number of benzene rings is 1. The molecule has 22 heavy (non-hydrogen) atoms. The van der Waals surface area contributed by atoms with E-state index in [0.717, 1.165) is 12.8 Å². The zero-order valence-electron chi connectivity index (χ0n) is 12.3. The number of carbonyl (C=O) groups excluding carboxylic acids is 1. The molecule has 2 saturated heterocycles. The summed E-state index contributed by atoms with van der Waals surface area (Å²) < 4.78 is 19.1. The first-order chi connectivity index (χ1) is 10.7. The molecule has 0 spiro atoms. The number of amides is 1. The van der Waals surface area contributed by atoms with Gasteiger partial charge in [-0.25, -0.2) is 4.39 Å². The first kappa shape index (κ1) is 14.8. The molecule has 6 heteroatoms. The molecule has 2 fully saturated rings. The number of nitriles is 1. The van der Waals surface area contributed by atoms with Gasteiger partial charge < -0.3 is 14.5 Å². The van der Waals surface area contributed by atoms with Gasteiger partial charge in [-0.2, -0.15) is 5.26 Å². The Labute approximate surface area is 128 Å². The molecule has 2 heterocycles. The molecule has 0 N–H and O–H groups in total. The van der Waals surface area contributed by atoms with Gasteiger partial charge in [0.15, 0.2) is 0 Å².